The first-order valence-electron chi connectivity index (χ1n) is 10.7. The van der Waals surface area contributed by atoms with E-state index in [1.807, 2.05) is 0 Å². The van der Waals surface area contributed by atoms with Crippen LogP contribution in [0.1, 0.15) is 21.5 Å². The zero-order chi connectivity index (χ0) is 25.3. The van der Waals surface area contributed by atoms with Crippen molar-refractivity contribution < 1.29 is 33.7 Å². The Morgan fingerprint density at radius 2 is 1.72 bits per heavy atom. The summed E-state index contributed by atoms with van der Waals surface area (Å²) in [4.78, 5) is 36.5. The maximum absolute atomic E-state index is 13.0. The fourth-order valence-corrected chi connectivity index (χ4v) is 3.19. The second-order valence-electron chi connectivity index (χ2n) is 7.41. The van der Waals surface area contributed by atoms with Crippen molar-refractivity contribution in [3.8, 4) is 17.2 Å². The highest BCUT2D eigenvalue weighted by Gasteiger charge is 2.17. The van der Waals surface area contributed by atoms with Crippen LogP contribution < -0.4 is 25.0 Å². The van der Waals surface area contributed by atoms with E-state index in [1.165, 1.54) is 12.3 Å². The van der Waals surface area contributed by atoms with Gasteiger partial charge in [-0.3, -0.25) is 9.59 Å². The molecule has 0 aromatic heterocycles. The van der Waals surface area contributed by atoms with Gasteiger partial charge in [-0.2, -0.15) is 5.10 Å². The molecule has 3 aromatic carbocycles. The number of carbonyl (C=O) groups is 3. The van der Waals surface area contributed by atoms with Gasteiger partial charge in [0.2, 0.25) is 6.79 Å². The van der Waals surface area contributed by atoms with Gasteiger partial charge in [-0.25, -0.2) is 10.2 Å². The molecular formula is C26H21N3O7. The van der Waals surface area contributed by atoms with Crippen LogP contribution in [0.15, 0.2) is 83.6 Å². The molecule has 0 unspecified atom stereocenters. The van der Waals surface area contributed by atoms with Gasteiger partial charge >= 0.3 is 5.97 Å². The Hall–Kier alpha value is -5.12. The van der Waals surface area contributed by atoms with Gasteiger partial charge in [-0.05, 0) is 48.0 Å². The lowest BCUT2D eigenvalue weighted by atomic mass is 10.1. The summed E-state index contributed by atoms with van der Waals surface area (Å²) in [5.41, 5.74) is 3.73. The van der Waals surface area contributed by atoms with Crippen LogP contribution in [0.2, 0.25) is 0 Å². The Bertz CT molecular complexity index is 1340. The second-order valence-corrected chi connectivity index (χ2v) is 7.41. The summed E-state index contributed by atoms with van der Waals surface area (Å²) in [6.45, 7) is -0.419. The van der Waals surface area contributed by atoms with E-state index in [-0.39, 0.29) is 18.2 Å². The van der Waals surface area contributed by atoms with Crippen LogP contribution in [0.3, 0.4) is 0 Å². The minimum Gasteiger partial charge on any atom is -0.481 e. The number of fused-ring (bicyclic) bond motifs is 1. The highest BCUT2D eigenvalue weighted by molar-refractivity contribution is 6.05. The third-order valence-electron chi connectivity index (χ3n) is 4.88. The van der Waals surface area contributed by atoms with E-state index < -0.39 is 24.4 Å². The van der Waals surface area contributed by atoms with Gasteiger partial charge in [-0.15, -0.1) is 0 Å². The molecule has 1 aliphatic heterocycles. The maximum atomic E-state index is 13.0. The Morgan fingerprint density at radius 1 is 0.972 bits per heavy atom. The number of carboxylic acid groups (broad SMARTS) is 1. The predicted molar refractivity (Wildman–Crippen MR) is 130 cm³/mol. The van der Waals surface area contributed by atoms with E-state index in [2.05, 4.69) is 15.8 Å². The topological polar surface area (TPSA) is 136 Å². The van der Waals surface area contributed by atoms with Crippen LogP contribution in [-0.4, -0.2) is 42.5 Å². The molecule has 3 N–H and O–H groups in total. The molecule has 182 valence electrons. The van der Waals surface area contributed by atoms with Crippen LogP contribution in [0, 0.1) is 0 Å². The molecule has 10 heteroatoms. The number of nitrogens with zero attached hydrogens (tertiary/aromatic N) is 1. The fourth-order valence-electron chi connectivity index (χ4n) is 3.19. The number of benzene rings is 3. The van der Waals surface area contributed by atoms with Crippen LogP contribution in [0.25, 0.3) is 6.08 Å². The number of ether oxygens (including phenoxy) is 3. The minimum atomic E-state index is -1.12. The van der Waals surface area contributed by atoms with Crippen molar-refractivity contribution >= 4 is 30.1 Å². The van der Waals surface area contributed by atoms with E-state index in [0.717, 1.165) is 0 Å². The molecule has 0 saturated heterocycles. The van der Waals surface area contributed by atoms with Crippen LogP contribution in [0.4, 0.5) is 0 Å². The number of hydrogen-bond acceptors (Lipinski definition) is 7. The van der Waals surface area contributed by atoms with Crippen molar-refractivity contribution in [2.75, 3.05) is 13.4 Å². The van der Waals surface area contributed by atoms with E-state index >= 15 is 0 Å². The number of hydrogen-bond donors (Lipinski definition) is 3. The molecule has 10 nitrogen and oxygen atoms in total. The van der Waals surface area contributed by atoms with Crippen LogP contribution >= 0.6 is 0 Å². The van der Waals surface area contributed by atoms with Crippen molar-refractivity contribution in [2.24, 2.45) is 5.10 Å². The standard InChI is InChI=1S/C26H21N3O7/c30-24(31)15-34-21-9-5-4-8-19(21)14-27-29-26(33)20(28-25(32)18-6-2-1-3-7-18)12-17-10-11-22-23(13-17)36-16-35-22/h1-14H,15-16H2,(H,28,32)(H,29,33)(H,30,31)/b20-12+,27-14?. The summed E-state index contributed by atoms with van der Waals surface area (Å²) in [5, 5.41) is 15.4. The highest BCUT2D eigenvalue weighted by Crippen LogP contribution is 2.33. The lowest BCUT2D eigenvalue weighted by Crippen LogP contribution is -2.32. The molecule has 0 spiro atoms. The van der Waals surface area contributed by atoms with Gasteiger partial charge in [0.1, 0.15) is 11.4 Å². The number of amides is 2. The van der Waals surface area contributed by atoms with Crippen molar-refractivity contribution in [1.82, 2.24) is 10.7 Å². The van der Waals surface area contributed by atoms with Crippen molar-refractivity contribution in [1.29, 1.82) is 0 Å². The molecule has 1 heterocycles. The van der Waals surface area contributed by atoms with E-state index in [1.54, 1.807) is 72.8 Å². The normalized spacial score (nSPS) is 12.3. The summed E-state index contributed by atoms with van der Waals surface area (Å²) in [6.07, 6.45) is 2.80. The largest absolute Gasteiger partial charge is 0.481 e. The lowest BCUT2D eigenvalue weighted by molar-refractivity contribution is -0.139. The molecule has 0 atom stereocenters. The van der Waals surface area contributed by atoms with E-state index in [4.69, 9.17) is 19.3 Å². The SMILES string of the molecule is O=C(O)COc1ccccc1C=NNC(=O)/C(=C\c1ccc2c(c1)OCO2)NC(=O)c1ccccc1. The summed E-state index contributed by atoms with van der Waals surface area (Å²) >= 11 is 0. The number of para-hydroxylation sites is 1. The Balaban J connectivity index is 1.54. The van der Waals surface area contributed by atoms with Gasteiger partial charge in [0.05, 0.1) is 6.21 Å². The molecule has 3 aromatic rings. The van der Waals surface area contributed by atoms with E-state index in [9.17, 15) is 14.4 Å². The molecule has 1 aliphatic rings. The number of aliphatic carboxylic acids is 1. The minimum absolute atomic E-state index is 0.0599. The molecule has 0 bridgehead atoms. The van der Waals surface area contributed by atoms with Gasteiger partial charge in [-0.1, -0.05) is 36.4 Å². The predicted octanol–water partition coefficient (Wildman–Crippen LogP) is 2.80. The third-order valence-corrected chi connectivity index (χ3v) is 4.88. The quantitative estimate of drug-likeness (QED) is 0.240. The first-order chi connectivity index (χ1) is 17.5. The maximum Gasteiger partial charge on any atom is 0.341 e. The number of nitrogens with one attached hydrogen (secondary N) is 2. The summed E-state index contributed by atoms with van der Waals surface area (Å²) in [7, 11) is 0. The Kier molecular flexibility index (Phi) is 7.57. The monoisotopic (exact) mass is 487 g/mol. The molecule has 0 saturated carbocycles. The molecule has 36 heavy (non-hydrogen) atoms. The average molecular weight is 487 g/mol. The van der Waals surface area contributed by atoms with Crippen molar-refractivity contribution in [2.45, 2.75) is 0 Å². The highest BCUT2D eigenvalue weighted by atomic mass is 16.7. The molecule has 0 fully saturated rings. The first kappa shape index (κ1) is 24.0. The molecular weight excluding hydrogens is 466 g/mol. The smallest absolute Gasteiger partial charge is 0.341 e. The van der Waals surface area contributed by atoms with E-state index in [0.29, 0.717) is 28.2 Å². The number of hydrazone groups is 1. The first-order valence-corrected chi connectivity index (χ1v) is 10.7. The third kappa shape index (κ3) is 6.26. The van der Waals surface area contributed by atoms with Crippen LogP contribution in [0.5, 0.6) is 17.2 Å². The van der Waals surface area contributed by atoms with Crippen LogP contribution in [-0.2, 0) is 9.59 Å². The molecule has 0 radical (unpaired) electrons. The number of rotatable bonds is 9. The molecule has 4 rings (SSSR count). The zero-order valence-electron chi connectivity index (χ0n) is 18.8. The summed E-state index contributed by atoms with van der Waals surface area (Å²) < 4.78 is 15.9. The fraction of sp³-hybridized carbons (Fsp3) is 0.0769. The van der Waals surface area contributed by atoms with Crippen molar-refractivity contribution in [3.05, 3.63) is 95.2 Å². The average Bonchev–Trinajstić information content (AvgIpc) is 3.36. The molecule has 2 amide bonds. The van der Waals surface area contributed by atoms with Crippen molar-refractivity contribution in [3.63, 3.8) is 0 Å². The Morgan fingerprint density at radius 3 is 2.53 bits per heavy atom. The van der Waals surface area contributed by atoms with Gasteiger partial charge in [0.25, 0.3) is 11.8 Å². The van der Waals surface area contributed by atoms with Gasteiger partial charge in [0, 0.05) is 11.1 Å². The number of carboxylic acids is 1. The Labute approximate surface area is 205 Å². The number of carbonyl (C=O) groups excluding carboxylic acids is 2. The van der Waals surface area contributed by atoms with Gasteiger partial charge < -0.3 is 24.6 Å². The zero-order valence-corrected chi connectivity index (χ0v) is 18.8. The van der Waals surface area contributed by atoms with Gasteiger partial charge in [0.15, 0.2) is 18.1 Å². The lowest BCUT2D eigenvalue weighted by Gasteiger charge is -2.10. The molecule has 0 aliphatic carbocycles. The summed E-state index contributed by atoms with van der Waals surface area (Å²) in [5.74, 6) is -0.895. The second kappa shape index (κ2) is 11.3. The summed E-state index contributed by atoms with van der Waals surface area (Å²) in [6, 6.07) is 20.2.